The van der Waals surface area contributed by atoms with E-state index in [0.29, 0.717) is 12.3 Å². The van der Waals surface area contributed by atoms with Crippen LogP contribution < -0.4 is 14.8 Å². The molecule has 26 heavy (non-hydrogen) atoms. The van der Waals surface area contributed by atoms with Crippen molar-refractivity contribution in [2.24, 2.45) is 0 Å². The Kier molecular flexibility index (Phi) is 4.71. The Morgan fingerprint density at radius 1 is 1.23 bits per heavy atom. The van der Waals surface area contributed by atoms with E-state index in [9.17, 15) is 4.79 Å². The number of aryl methyl sites for hydroxylation is 1. The molecule has 0 atom stereocenters. The van der Waals surface area contributed by atoms with Gasteiger partial charge in [-0.3, -0.25) is 4.79 Å². The Balaban J connectivity index is 1.35. The third kappa shape index (κ3) is 3.35. The van der Waals surface area contributed by atoms with Crippen molar-refractivity contribution >= 4 is 28.7 Å². The molecule has 0 aliphatic carbocycles. The number of nitrogens with one attached hydrogen (secondary N) is 1. The van der Waals surface area contributed by atoms with E-state index in [4.69, 9.17) is 9.47 Å². The van der Waals surface area contributed by atoms with Gasteiger partial charge in [0, 0.05) is 13.1 Å². The van der Waals surface area contributed by atoms with E-state index >= 15 is 0 Å². The molecule has 6 nitrogen and oxygen atoms in total. The summed E-state index contributed by atoms with van der Waals surface area (Å²) in [6, 6.07) is 13.7. The fraction of sp³-hybridized carbons (Fsp3) is 0.263. The van der Waals surface area contributed by atoms with Gasteiger partial charge in [-0.1, -0.05) is 30.0 Å². The lowest BCUT2D eigenvalue weighted by molar-refractivity contribution is -0.118. The molecule has 0 bridgehead atoms. The summed E-state index contributed by atoms with van der Waals surface area (Å²) in [5, 5.41) is 3.81. The van der Waals surface area contributed by atoms with Crippen LogP contribution >= 0.6 is 11.8 Å². The number of benzene rings is 2. The topological polar surface area (TPSA) is 65.4 Å². The fourth-order valence-corrected chi connectivity index (χ4v) is 3.81. The van der Waals surface area contributed by atoms with Crippen LogP contribution in [0.25, 0.3) is 11.0 Å². The van der Waals surface area contributed by atoms with Gasteiger partial charge in [0.15, 0.2) is 16.7 Å². The van der Waals surface area contributed by atoms with Crippen molar-refractivity contribution in [3.05, 3.63) is 48.0 Å². The minimum absolute atomic E-state index is 0.0256. The van der Waals surface area contributed by atoms with Gasteiger partial charge in [0.25, 0.3) is 0 Å². The molecule has 1 aliphatic rings. The standard InChI is InChI=1S/C19H19N3O3S/c1-2-22-15-6-4-3-5-14(15)21-19(22)26-11-18(23)20-10-13-7-8-16-17(9-13)25-12-24-16/h3-9H,2,10-12H2,1H3,(H,20,23). The Morgan fingerprint density at radius 2 is 2.08 bits per heavy atom. The molecule has 0 saturated heterocycles. The van der Waals surface area contributed by atoms with Crippen LogP contribution in [-0.4, -0.2) is 28.0 Å². The highest BCUT2D eigenvalue weighted by Gasteiger charge is 2.14. The minimum atomic E-state index is -0.0256. The second-order valence-corrected chi connectivity index (χ2v) is 6.82. The highest BCUT2D eigenvalue weighted by atomic mass is 32.2. The predicted octanol–water partition coefficient (Wildman–Crippen LogP) is 3.19. The lowest BCUT2D eigenvalue weighted by Crippen LogP contribution is -2.24. The van der Waals surface area contributed by atoms with Crippen molar-refractivity contribution < 1.29 is 14.3 Å². The lowest BCUT2D eigenvalue weighted by atomic mass is 10.2. The number of aromatic nitrogens is 2. The lowest BCUT2D eigenvalue weighted by Gasteiger charge is -2.07. The molecule has 3 aromatic rings. The smallest absolute Gasteiger partial charge is 0.231 e. The Morgan fingerprint density at radius 3 is 2.96 bits per heavy atom. The zero-order chi connectivity index (χ0) is 17.9. The maximum absolute atomic E-state index is 12.2. The van der Waals surface area contributed by atoms with Gasteiger partial charge < -0.3 is 19.4 Å². The van der Waals surface area contributed by atoms with Gasteiger partial charge in [0.1, 0.15) is 0 Å². The van der Waals surface area contributed by atoms with E-state index in [0.717, 1.165) is 39.8 Å². The number of fused-ring (bicyclic) bond motifs is 2. The number of nitrogens with zero attached hydrogens (tertiary/aromatic N) is 2. The Labute approximate surface area is 155 Å². The molecule has 0 spiro atoms. The number of rotatable bonds is 6. The number of ether oxygens (including phenoxy) is 2. The van der Waals surface area contributed by atoms with Crippen molar-refractivity contribution in [1.29, 1.82) is 0 Å². The third-order valence-corrected chi connectivity index (χ3v) is 5.17. The summed E-state index contributed by atoms with van der Waals surface area (Å²) in [5.74, 6) is 1.77. The molecule has 1 aliphatic heterocycles. The second-order valence-electron chi connectivity index (χ2n) is 5.88. The first-order chi connectivity index (χ1) is 12.7. The molecule has 0 fully saturated rings. The van der Waals surface area contributed by atoms with E-state index in [2.05, 4.69) is 27.9 Å². The van der Waals surface area contributed by atoms with Crippen molar-refractivity contribution in [1.82, 2.24) is 14.9 Å². The number of para-hydroxylation sites is 2. The first-order valence-electron chi connectivity index (χ1n) is 8.48. The van der Waals surface area contributed by atoms with Crippen molar-refractivity contribution in [2.45, 2.75) is 25.2 Å². The molecule has 0 saturated carbocycles. The molecule has 1 amide bonds. The summed E-state index contributed by atoms with van der Waals surface area (Å²) >= 11 is 1.46. The summed E-state index contributed by atoms with van der Waals surface area (Å²) in [4.78, 5) is 16.8. The van der Waals surface area contributed by atoms with E-state index in [-0.39, 0.29) is 12.7 Å². The quantitative estimate of drug-likeness (QED) is 0.676. The monoisotopic (exact) mass is 369 g/mol. The van der Waals surface area contributed by atoms with Gasteiger partial charge in [-0.15, -0.1) is 0 Å². The minimum Gasteiger partial charge on any atom is -0.454 e. The summed E-state index contributed by atoms with van der Waals surface area (Å²) in [5.41, 5.74) is 3.03. The predicted molar refractivity (Wildman–Crippen MR) is 101 cm³/mol. The number of imidazole rings is 1. The zero-order valence-electron chi connectivity index (χ0n) is 14.4. The van der Waals surface area contributed by atoms with E-state index in [1.54, 1.807) is 0 Å². The summed E-state index contributed by atoms with van der Waals surface area (Å²) in [7, 11) is 0. The zero-order valence-corrected chi connectivity index (χ0v) is 15.2. The Bertz CT molecular complexity index is 954. The van der Waals surface area contributed by atoms with E-state index in [1.807, 2.05) is 36.4 Å². The molecule has 1 aromatic heterocycles. The van der Waals surface area contributed by atoms with Crippen LogP contribution in [0.4, 0.5) is 0 Å². The summed E-state index contributed by atoms with van der Waals surface area (Å²) < 4.78 is 12.8. The molecule has 0 radical (unpaired) electrons. The summed E-state index contributed by atoms with van der Waals surface area (Å²) in [6.07, 6.45) is 0. The molecule has 134 valence electrons. The normalized spacial score (nSPS) is 12.5. The van der Waals surface area contributed by atoms with Crippen LogP contribution in [0.1, 0.15) is 12.5 Å². The van der Waals surface area contributed by atoms with Crippen LogP contribution in [-0.2, 0) is 17.9 Å². The van der Waals surface area contributed by atoms with Crippen molar-refractivity contribution in [3.8, 4) is 11.5 Å². The van der Waals surface area contributed by atoms with E-state index < -0.39 is 0 Å². The number of amides is 1. The van der Waals surface area contributed by atoms with Crippen LogP contribution in [0, 0.1) is 0 Å². The third-order valence-electron chi connectivity index (χ3n) is 4.19. The molecule has 1 N–H and O–H groups in total. The molecular weight excluding hydrogens is 350 g/mol. The highest BCUT2D eigenvalue weighted by molar-refractivity contribution is 7.99. The first-order valence-corrected chi connectivity index (χ1v) is 9.46. The number of thioether (sulfide) groups is 1. The van der Waals surface area contributed by atoms with Gasteiger partial charge in [-0.25, -0.2) is 4.98 Å². The van der Waals surface area contributed by atoms with E-state index in [1.165, 1.54) is 11.8 Å². The SMILES string of the molecule is CCn1c(SCC(=O)NCc2ccc3c(c2)OCO3)nc2ccccc21. The molecule has 0 unspecified atom stereocenters. The molecule has 2 aromatic carbocycles. The van der Waals surface area contributed by atoms with Crippen molar-refractivity contribution in [3.63, 3.8) is 0 Å². The van der Waals surface area contributed by atoms with Crippen LogP contribution in [0.5, 0.6) is 11.5 Å². The molecule has 4 rings (SSSR count). The van der Waals surface area contributed by atoms with Crippen LogP contribution in [0.15, 0.2) is 47.6 Å². The molecular formula is C19H19N3O3S. The largest absolute Gasteiger partial charge is 0.454 e. The maximum atomic E-state index is 12.2. The fourth-order valence-electron chi connectivity index (χ4n) is 2.90. The van der Waals surface area contributed by atoms with Gasteiger partial charge in [0.05, 0.1) is 16.8 Å². The number of carbonyl (C=O) groups is 1. The van der Waals surface area contributed by atoms with Gasteiger partial charge in [0.2, 0.25) is 12.7 Å². The maximum Gasteiger partial charge on any atom is 0.231 e. The highest BCUT2D eigenvalue weighted by Crippen LogP contribution is 2.32. The Hall–Kier alpha value is -2.67. The van der Waals surface area contributed by atoms with Gasteiger partial charge in [-0.2, -0.15) is 0 Å². The van der Waals surface area contributed by atoms with Crippen LogP contribution in [0.3, 0.4) is 0 Å². The van der Waals surface area contributed by atoms with Gasteiger partial charge >= 0.3 is 0 Å². The van der Waals surface area contributed by atoms with Crippen LogP contribution in [0.2, 0.25) is 0 Å². The first kappa shape index (κ1) is 16.8. The number of hydrogen-bond donors (Lipinski definition) is 1. The number of carbonyl (C=O) groups excluding carboxylic acids is 1. The molecule has 2 heterocycles. The summed E-state index contributed by atoms with van der Waals surface area (Å²) in [6.45, 7) is 3.61. The second kappa shape index (κ2) is 7.29. The molecule has 7 heteroatoms. The average molecular weight is 369 g/mol. The average Bonchev–Trinajstić information content (AvgIpc) is 3.27. The van der Waals surface area contributed by atoms with Crippen molar-refractivity contribution in [2.75, 3.05) is 12.5 Å². The van der Waals surface area contributed by atoms with Gasteiger partial charge in [-0.05, 0) is 36.8 Å². The number of hydrogen-bond acceptors (Lipinski definition) is 5.